The van der Waals surface area contributed by atoms with E-state index < -0.39 is 0 Å². The van der Waals surface area contributed by atoms with Crippen LogP contribution < -0.4 is 10.9 Å². The van der Waals surface area contributed by atoms with E-state index in [1.165, 1.54) is 6.07 Å². The molecule has 84 valence electrons. The van der Waals surface area contributed by atoms with Crippen LogP contribution in [0.3, 0.4) is 0 Å². The zero-order chi connectivity index (χ0) is 11.4. The van der Waals surface area contributed by atoms with Crippen LogP contribution in [-0.2, 0) is 13.0 Å². The van der Waals surface area contributed by atoms with Crippen molar-refractivity contribution in [1.82, 2.24) is 30.6 Å². The summed E-state index contributed by atoms with van der Waals surface area (Å²) in [6, 6.07) is 1.39. The van der Waals surface area contributed by atoms with Crippen LogP contribution in [0.4, 0.5) is 5.82 Å². The van der Waals surface area contributed by atoms with Crippen molar-refractivity contribution in [3.05, 3.63) is 28.1 Å². The second-order valence-corrected chi connectivity index (χ2v) is 3.11. The van der Waals surface area contributed by atoms with Crippen molar-refractivity contribution in [3.63, 3.8) is 0 Å². The van der Waals surface area contributed by atoms with Gasteiger partial charge in [-0.05, 0) is 0 Å². The van der Waals surface area contributed by atoms with E-state index in [-0.39, 0.29) is 5.56 Å². The molecule has 0 aliphatic carbocycles. The molecule has 0 aliphatic heterocycles. The maximum Gasteiger partial charge on any atom is 0.252 e. The Hall–Kier alpha value is -2.25. The van der Waals surface area contributed by atoms with Gasteiger partial charge in [0.15, 0.2) is 5.82 Å². The van der Waals surface area contributed by atoms with Crippen molar-refractivity contribution in [3.8, 4) is 0 Å². The fourth-order valence-electron chi connectivity index (χ4n) is 1.19. The minimum absolute atomic E-state index is 0.178. The van der Waals surface area contributed by atoms with Crippen LogP contribution in [-0.4, -0.2) is 30.6 Å². The van der Waals surface area contributed by atoms with Gasteiger partial charge in [-0.25, -0.2) is 4.98 Å². The zero-order valence-electron chi connectivity index (χ0n) is 8.69. The van der Waals surface area contributed by atoms with Gasteiger partial charge in [-0.15, -0.1) is 10.2 Å². The number of rotatable bonds is 4. The molecule has 3 N–H and O–H groups in total. The smallest absolute Gasteiger partial charge is 0.252 e. The third kappa shape index (κ3) is 2.41. The Morgan fingerprint density at radius 3 is 3.06 bits per heavy atom. The molecule has 2 rings (SSSR count). The lowest BCUT2D eigenvalue weighted by Gasteiger charge is -2.03. The summed E-state index contributed by atoms with van der Waals surface area (Å²) in [7, 11) is 0. The third-order valence-corrected chi connectivity index (χ3v) is 1.94. The van der Waals surface area contributed by atoms with Crippen molar-refractivity contribution >= 4 is 5.82 Å². The van der Waals surface area contributed by atoms with Gasteiger partial charge in [-0.3, -0.25) is 4.79 Å². The number of aromatic amines is 2. The van der Waals surface area contributed by atoms with Crippen LogP contribution in [0.25, 0.3) is 0 Å². The maximum absolute atomic E-state index is 11.2. The molecule has 0 fully saturated rings. The highest BCUT2D eigenvalue weighted by molar-refractivity contribution is 5.32. The van der Waals surface area contributed by atoms with E-state index in [1.54, 1.807) is 0 Å². The van der Waals surface area contributed by atoms with Crippen LogP contribution >= 0.6 is 0 Å². The van der Waals surface area contributed by atoms with Gasteiger partial charge in [0.2, 0.25) is 0 Å². The van der Waals surface area contributed by atoms with E-state index in [9.17, 15) is 4.79 Å². The quantitative estimate of drug-likeness (QED) is 0.639. The molecule has 2 heterocycles. The van der Waals surface area contributed by atoms with E-state index in [0.717, 1.165) is 0 Å². The lowest BCUT2D eigenvalue weighted by molar-refractivity contribution is 0.881. The highest BCUT2D eigenvalue weighted by Crippen LogP contribution is 2.00. The second-order valence-electron chi connectivity index (χ2n) is 3.11. The Morgan fingerprint density at radius 2 is 2.38 bits per heavy atom. The minimum atomic E-state index is -0.178. The van der Waals surface area contributed by atoms with Crippen LogP contribution in [0.2, 0.25) is 0 Å². The van der Waals surface area contributed by atoms with Crippen LogP contribution in [0.5, 0.6) is 0 Å². The summed E-state index contributed by atoms with van der Waals surface area (Å²) >= 11 is 0. The van der Waals surface area contributed by atoms with Crippen molar-refractivity contribution in [2.75, 3.05) is 5.32 Å². The molecule has 0 amide bonds. The first-order valence-corrected chi connectivity index (χ1v) is 4.84. The number of hydrogen-bond acceptors (Lipinski definition) is 6. The number of anilines is 1. The van der Waals surface area contributed by atoms with Gasteiger partial charge in [-0.1, -0.05) is 12.1 Å². The van der Waals surface area contributed by atoms with Gasteiger partial charge in [0.25, 0.3) is 5.56 Å². The standard InChI is InChI=1S/C8H11N7O/c1-2-5-10-6(3-8(16)11-5)9-4-7-12-14-15-13-7/h3H,2,4H2,1H3,(H2,9,10,11,16)(H,12,13,14,15). The number of aryl methyl sites for hydroxylation is 1. The van der Waals surface area contributed by atoms with E-state index in [0.29, 0.717) is 30.4 Å². The fourth-order valence-corrected chi connectivity index (χ4v) is 1.19. The van der Waals surface area contributed by atoms with Crippen molar-refractivity contribution < 1.29 is 0 Å². The largest absolute Gasteiger partial charge is 0.362 e. The number of H-pyrrole nitrogens is 2. The molecule has 0 unspecified atom stereocenters. The normalized spacial score (nSPS) is 10.3. The molecular formula is C8H11N7O. The molecule has 2 aromatic heterocycles. The Bertz CT molecular complexity index is 503. The van der Waals surface area contributed by atoms with Crippen LogP contribution in [0, 0.1) is 0 Å². The predicted octanol–water partition coefficient (Wildman–Crippen LogP) is -0.543. The van der Waals surface area contributed by atoms with E-state index in [1.807, 2.05) is 6.92 Å². The molecular weight excluding hydrogens is 210 g/mol. The first-order chi connectivity index (χ1) is 7.78. The molecule has 0 atom stereocenters. The van der Waals surface area contributed by atoms with Gasteiger partial charge < -0.3 is 10.3 Å². The molecule has 8 nitrogen and oxygen atoms in total. The summed E-state index contributed by atoms with van der Waals surface area (Å²) in [5, 5.41) is 16.3. The highest BCUT2D eigenvalue weighted by atomic mass is 16.1. The van der Waals surface area contributed by atoms with Gasteiger partial charge >= 0.3 is 0 Å². The number of aromatic nitrogens is 6. The summed E-state index contributed by atoms with van der Waals surface area (Å²) in [6.07, 6.45) is 0.674. The van der Waals surface area contributed by atoms with Crippen LogP contribution in [0.15, 0.2) is 10.9 Å². The van der Waals surface area contributed by atoms with Crippen molar-refractivity contribution in [1.29, 1.82) is 0 Å². The topological polar surface area (TPSA) is 112 Å². The summed E-state index contributed by atoms with van der Waals surface area (Å²) in [4.78, 5) is 18.1. The molecule has 0 aromatic carbocycles. The Labute approximate surface area is 90.5 Å². The summed E-state index contributed by atoms with van der Waals surface area (Å²) in [6.45, 7) is 2.29. The molecule has 0 spiro atoms. The summed E-state index contributed by atoms with van der Waals surface area (Å²) in [5.74, 6) is 1.66. The highest BCUT2D eigenvalue weighted by Gasteiger charge is 2.01. The number of nitrogens with zero attached hydrogens (tertiary/aromatic N) is 4. The first kappa shape index (κ1) is 10.3. The number of tetrazole rings is 1. The average molecular weight is 221 g/mol. The number of nitrogens with one attached hydrogen (secondary N) is 3. The maximum atomic E-state index is 11.2. The van der Waals surface area contributed by atoms with E-state index >= 15 is 0 Å². The summed E-state index contributed by atoms with van der Waals surface area (Å²) in [5.41, 5.74) is -0.178. The van der Waals surface area contributed by atoms with E-state index in [4.69, 9.17) is 0 Å². The van der Waals surface area contributed by atoms with Gasteiger partial charge in [0.1, 0.15) is 11.6 Å². The Morgan fingerprint density at radius 1 is 1.50 bits per heavy atom. The molecule has 16 heavy (non-hydrogen) atoms. The molecule has 0 radical (unpaired) electrons. The minimum Gasteiger partial charge on any atom is -0.362 e. The second kappa shape index (κ2) is 4.51. The number of hydrogen-bond donors (Lipinski definition) is 3. The summed E-state index contributed by atoms with van der Waals surface area (Å²) < 4.78 is 0. The molecule has 0 saturated heterocycles. The monoisotopic (exact) mass is 221 g/mol. The first-order valence-electron chi connectivity index (χ1n) is 4.84. The molecule has 0 bridgehead atoms. The lowest BCUT2D eigenvalue weighted by Crippen LogP contribution is -2.13. The van der Waals surface area contributed by atoms with Gasteiger partial charge in [-0.2, -0.15) is 5.21 Å². The van der Waals surface area contributed by atoms with Crippen molar-refractivity contribution in [2.45, 2.75) is 19.9 Å². The molecule has 2 aromatic rings. The van der Waals surface area contributed by atoms with E-state index in [2.05, 4.69) is 35.9 Å². The molecule has 0 aliphatic rings. The average Bonchev–Trinajstić information content (AvgIpc) is 2.78. The predicted molar refractivity (Wildman–Crippen MR) is 55.7 cm³/mol. The van der Waals surface area contributed by atoms with Gasteiger partial charge in [0, 0.05) is 12.5 Å². The SMILES string of the molecule is CCc1nc(NCc2nn[nH]n2)cc(=O)[nH]1. The molecule has 0 saturated carbocycles. The van der Waals surface area contributed by atoms with Crippen LogP contribution in [0.1, 0.15) is 18.6 Å². The lowest BCUT2D eigenvalue weighted by atomic mass is 10.4. The fraction of sp³-hybridized carbons (Fsp3) is 0.375. The third-order valence-electron chi connectivity index (χ3n) is 1.94. The molecule has 8 heteroatoms. The van der Waals surface area contributed by atoms with Crippen molar-refractivity contribution in [2.24, 2.45) is 0 Å². The van der Waals surface area contributed by atoms with Gasteiger partial charge in [0.05, 0.1) is 6.54 Å². The Balaban J connectivity index is 2.09. The zero-order valence-corrected chi connectivity index (χ0v) is 8.69. The Kier molecular flexibility index (Phi) is 2.90.